The number of aryl methyl sites for hydroxylation is 2. The van der Waals surface area contributed by atoms with E-state index in [9.17, 15) is 0 Å². The molecule has 1 nitrogen and oxygen atoms in total. The van der Waals surface area contributed by atoms with E-state index >= 15 is 0 Å². The maximum atomic E-state index is 5.46. The van der Waals surface area contributed by atoms with E-state index in [0.29, 0.717) is 0 Å². The molecule has 0 saturated carbocycles. The fraction of sp³-hybridized carbons (Fsp3) is 0.273. The Morgan fingerprint density at radius 2 is 2.00 bits per heavy atom. The molecule has 1 heteroatoms. The van der Waals surface area contributed by atoms with Gasteiger partial charge in [0.1, 0.15) is 0 Å². The quantitative estimate of drug-likeness (QED) is 0.673. The second-order valence-electron chi connectivity index (χ2n) is 3.17. The Morgan fingerprint density at radius 3 is 2.58 bits per heavy atom. The minimum atomic E-state index is 1.14. The summed E-state index contributed by atoms with van der Waals surface area (Å²) in [6, 6.07) is 6.40. The van der Waals surface area contributed by atoms with Gasteiger partial charge >= 0.3 is 0 Å². The third-order valence-electron chi connectivity index (χ3n) is 2.07. The number of hydrogen-bond acceptors (Lipinski definition) is 1. The molecule has 2 N–H and O–H groups in total. The third kappa shape index (κ3) is 1.67. The Hall–Kier alpha value is -1.24. The van der Waals surface area contributed by atoms with Gasteiger partial charge in [0, 0.05) is 0 Å². The fourth-order valence-electron chi connectivity index (χ4n) is 1.25. The molecule has 0 aliphatic carbocycles. The molecular formula is C11H15N. The largest absolute Gasteiger partial charge is 0.404 e. The van der Waals surface area contributed by atoms with Crippen molar-refractivity contribution in [2.24, 2.45) is 5.73 Å². The van der Waals surface area contributed by atoms with Gasteiger partial charge < -0.3 is 5.73 Å². The van der Waals surface area contributed by atoms with E-state index in [4.69, 9.17) is 5.73 Å². The van der Waals surface area contributed by atoms with Crippen LogP contribution in [0.15, 0.2) is 24.4 Å². The van der Waals surface area contributed by atoms with E-state index in [-0.39, 0.29) is 0 Å². The van der Waals surface area contributed by atoms with E-state index < -0.39 is 0 Å². The first-order valence-electron chi connectivity index (χ1n) is 4.11. The molecule has 0 unspecified atom stereocenters. The van der Waals surface area contributed by atoms with Gasteiger partial charge in [0.25, 0.3) is 0 Å². The van der Waals surface area contributed by atoms with Gasteiger partial charge in [-0.05, 0) is 43.7 Å². The van der Waals surface area contributed by atoms with Crippen LogP contribution in [0.1, 0.15) is 23.6 Å². The molecule has 0 bridgehead atoms. The smallest absolute Gasteiger partial charge is 0.00264 e. The first-order chi connectivity index (χ1) is 5.65. The average molecular weight is 161 g/mol. The minimum Gasteiger partial charge on any atom is -0.404 e. The van der Waals surface area contributed by atoms with Gasteiger partial charge in [-0.1, -0.05) is 23.8 Å². The summed E-state index contributed by atoms with van der Waals surface area (Å²) in [6.45, 7) is 6.22. The highest BCUT2D eigenvalue weighted by Gasteiger charge is 1.99. The van der Waals surface area contributed by atoms with Crippen molar-refractivity contribution in [2.75, 3.05) is 0 Å². The maximum Gasteiger partial charge on any atom is -0.00264 e. The van der Waals surface area contributed by atoms with Gasteiger partial charge in [-0.15, -0.1) is 0 Å². The molecule has 1 aromatic rings. The van der Waals surface area contributed by atoms with Crippen molar-refractivity contribution in [3.8, 4) is 0 Å². The molecule has 0 aromatic heterocycles. The third-order valence-corrected chi connectivity index (χ3v) is 2.07. The van der Waals surface area contributed by atoms with Crippen LogP contribution < -0.4 is 5.73 Å². The summed E-state index contributed by atoms with van der Waals surface area (Å²) < 4.78 is 0. The van der Waals surface area contributed by atoms with Crippen molar-refractivity contribution >= 4 is 5.57 Å². The zero-order valence-electron chi connectivity index (χ0n) is 7.89. The van der Waals surface area contributed by atoms with Crippen LogP contribution in [0.2, 0.25) is 0 Å². The highest BCUT2D eigenvalue weighted by atomic mass is 14.5. The Bertz CT molecular complexity index is 311. The van der Waals surface area contributed by atoms with Crippen LogP contribution in [0.25, 0.3) is 5.57 Å². The number of benzene rings is 1. The van der Waals surface area contributed by atoms with Crippen LogP contribution in [0.4, 0.5) is 0 Å². The zero-order valence-corrected chi connectivity index (χ0v) is 7.89. The first-order valence-corrected chi connectivity index (χ1v) is 4.11. The second kappa shape index (κ2) is 3.44. The number of nitrogens with two attached hydrogens (primary N) is 1. The molecule has 1 aromatic carbocycles. The van der Waals surface area contributed by atoms with Crippen LogP contribution in [0.5, 0.6) is 0 Å². The molecule has 0 saturated heterocycles. The molecular weight excluding hydrogens is 146 g/mol. The highest BCUT2D eigenvalue weighted by molar-refractivity contribution is 5.66. The molecule has 0 atom stereocenters. The summed E-state index contributed by atoms with van der Waals surface area (Å²) in [5.41, 5.74) is 10.4. The van der Waals surface area contributed by atoms with Gasteiger partial charge in [0.2, 0.25) is 0 Å². The highest BCUT2D eigenvalue weighted by Crippen LogP contribution is 2.18. The van der Waals surface area contributed by atoms with Crippen molar-refractivity contribution in [3.63, 3.8) is 0 Å². The summed E-state index contributed by atoms with van der Waals surface area (Å²) in [5, 5.41) is 0. The van der Waals surface area contributed by atoms with E-state index in [1.807, 2.05) is 6.92 Å². The lowest BCUT2D eigenvalue weighted by atomic mass is 10.0. The van der Waals surface area contributed by atoms with Crippen molar-refractivity contribution in [3.05, 3.63) is 41.1 Å². The first kappa shape index (κ1) is 8.85. The van der Waals surface area contributed by atoms with Crippen LogP contribution in [-0.2, 0) is 0 Å². The molecule has 0 radical (unpaired) electrons. The molecule has 0 aliphatic rings. The molecule has 12 heavy (non-hydrogen) atoms. The SMILES string of the molecule is C/C(=C\N)c1cc(C)ccc1C. The average Bonchev–Trinajstić information content (AvgIpc) is 2.08. The van der Waals surface area contributed by atoms with Crippen molar-refractivity contribution in [2.45, 2.75) is 20.8 Å². The zero-order chi connectivity index (χ0) is 9.14. The Kier molecular flexibility index (Phi) is 2.54. The predicted octanol–water partition coefficient (Wildman–Crippen LogP) is 2.62. The molecule has 64 valence electrons. The van der Waals surface area contributed by atoms with Crippen molar-refractivity contribution in [1.82, 2.24) is 0 Å². The van der Waals surface area contributed by atoms with E-state index in [2.05, 4.69) is 32.0 Å². The number of rotatable bonds is 1. The second-order valence-corrected chi connectivity index (χ2v) is 3.17. The number of allylic oxidation sites excluding steroid dienone is 1. The van der Waals surface area contributed by atoms with Crippen molar-refractivity contribution in [1.29, 1.82) is 0 Å². The van der Waals surface area contributed by atoms with E-state index in [1.165, 1.54) is 16.7 Å². The minimum absolute atomic E-state index is 1.14. The maximum absolute atomic E-state index is 5.46. The Balaban J connectivity index is 3.23. The molecule has 0 fully saturated rings. The summed E-state index contributed by atoms with van der Waals surface area (Å²) >= 11 is 0. The number of hydrogen-bond donors (Lipinski definition) is 1. The van der Waals surface area contributed by atoms with Gasteiger partial charge in [-0.3, -0.25) is 0 Å². The summed E-state index contributed by atoms with van der Waals surface area (Å²) in [6.07, 6.45) is 1.65. The van der Waals surface area contributed by atoms with E-state index in [0.717, 1.165) is 5.57 Å². The lowest BCUT2D eigenvalue weighted by Gasteiger charge is -2.06. The standard InChI is InChI=1S/C11H15N/c1-8-4-5-9(2)11(6-8)10(3)7-12/h4-7H,12H2,1-3H3/b10-7+. The molecule has 0 amide bonds. The van der Waals surface area contributed by atoms with Crippen molar-refractivity contribution < 1.29 is 0 Å². The molecule has 0 aliphatic heterocycles. The van der Waals surface area contributed by atoms with Gasteiger partial charge in [0.15, 0.2) is 0 Å². The lowest BCUT2D eigenvalue weighted by molar-refractivity contribution is 1.35. The summed E-state index contributed by atoms with van der Waals surface area (Å²) in [5.74, 6) is 0. The van der Waals surface area contributed by atoms with Gasteiger partial charge in [-0.2, -0.15) is 0 Å². The lowest BCUT2D eigenvalue weighted by Crippen LogP contribution is -1.90. The molecule has 0 heterocycles. The normalized spacial score (nSPS) is 11.8. The summed E-state index contributed by atoms with van der Waals surface area (Å²) in [7, 11) is 0. The predicted molar refractivity (Wildman–Crippen MR) is 53.8 cm³/mol. The van der Waals surface area contributed by atoms with Crippen LogP contribution in [0, 0.1) is 13.8 Å². The fourth-order valence-corrected chi connectivity index (χ4v) is 1.25. The topological polar surface area (TPSA) is 26.0 Å². The van der Waals surface area contributed by atoms with Gasteiger partial charge in [-0.25, -0.2) is 0 Å². The Labute approximate surface area is 73.9 Å². The van der Waals surface area contributed by atoms with Gasteiger partial charge in [0.05, 0.1) is 0 Å². The monoisotopic (exact) mass is 161 g/mol. The summed E-state index contributed by atoms with van der Waals surface area (Å²) in [4.78, 5) is 0. The molecule has 0 spiro atoms. The molecule has 1 rings (SSSR count). The Morgan fingerprint density at radius 1 is 1.33 bits per heavy atom. The van der Waals surface area contributed by atoms with Crippen LogP contribution in [-0.4, -0.2) is 0 Å². The van der Waals surface area contributed by atoms with E-state index in [1.54, 1.807) is 6.20 Å². The van der Waals surface area contributed by atoms with Crippen LogP contribution >= 0.6 is 0 Å². The van der Waals surface area contributed by atoms with Crippen LogP contribution in [0.3, 0.4) is 0 Å².